The number of hydrogen-bond donors (Lipinski definition) is 1. The van der Waals surface area contributed by atoms with Gasteiger partial charge in [-0.2, -0.15) is 6.92 Å². The predicted molar refractivity (Wildman–Crippen MR) is 64.4 cm³/mol. The molecule has 1 heterocycles. The van der Waals surface area contributed by atoms with Crippen molar-refractivity contribution < 1.29 is 74.8 Å². The van der Waals surface area contributed by atoms with Gasteiger partial charge in [0.1, 0.15) is 0 Å². The van der Waals surface area contributed by atoms with E-state index in [1.165, 1.54) is 0 Å². The van der Waals surface area contributed by atoms with Gasteiger partial charge in [0.05, 0.1) is 5.91 Å². The van der Waals surface area contributed by atoms with E-state index in [9.17, 15) is 4.79 Å². The van der Waals surface area contributed by atoms with E-state index in [1.807, 2.05) is 24.0 Å². The van der Waals surface area contributed by atoms with E-state index < -0.39 is 0 Å². The van der Waals surface area contributed by atoms with E-state index in [2.05, 4.69) is 11.9 Å². The van der Waals surface area contributed by atoms with Gasteiger partial charge in [-0.15, -0.1) is 0 Å². The maximum Gasteiger partial charge on any atom is 0.0848 e. The molecule has 6 heteroatoms. The van der Waals surface area contributed by atoms with Crippen LogP contribution in [0.2, 0.25) is 0 Å². The molecule has 104 valence electrons. The molecule has 1 N–H and O–H groups in total. The number of carbonyl (C=O) groups excluding carboxylic acids is 1. The number of nitrogens with one attached hydrogen (secondary N) is 1. The zero-order valence-corrected chi connectivity index (χ0v) is 20.5. The quantitative estimate of drug-likeness (QED) is 0.338. The van der Waals surface area contributed by atoms with Crippen LogP contribution in [0.4, 0.5) is 0 Å². The van der Waals surface area contributed by atoms with E-state index in [1.54, 1.807) is 19.4 Å². The number of nitrogens with zero attached hydrogens (tertiary/aromatic N) is 1. The van der Waals surface area contributed by atoms with Crippen molar-refractivity contribution in [1.29, 1.82) is 0 Å². The van der Waals surface area contributed by atoms with Crippen molar-refractivity contribution in [2.75, 3.05) is 26.2 Å². The first-order valence-electron chi connectivity index (χ1n) is 5.29. The number of amides is 1. The first-order valence-corrected chi connectivity index (χ1v) is 5.29. The average Bonchev–Trinajstić information content (AvgIpc) is 2.31. The molecular weight excluding hydrogens is 823 g/mol. The van der Waals surface area contributed by atoms with Crippen LogP contribution in [0.25, 0.3) is 0 Å². The Balaban J connectivity index is -0.000000109. The number of hydrogen-bond acceptors (Lipinski definition) is 2. The second-order valence-corrected chi connectivity index (χ2v) is 3.13. The van der Waals surface area contributed by atoms with E-state index in [-0.39, 0.29) is 75.9 Å². The van der Waals surface area contributed by atoms with Crippen LogP contribution < -0.4 is 5.32 Å². The van der Waals surface area contributed by atoms with Crippen molar-refractivity contribution in [1.82, 2.24) is 10.2 Å². The summed E-state index contributed by atoms with van der Waals surface area (Å²) in [6.07, 6.45) is 7.19. The molecule has 1 aliphatic heterocycles. The first kappa shape index (κ1) is 26.6. The largest absolute Gasteiger partial charge is 0.365 e. The van der Waals surface area contributed by atoms with Crippen LogP contribution in [0, 0.1) is 76.4 Å². The minimum Gasteiger partial charge on any atom is -0.365 e. The Morgan fingerprint density at radius 3 is 2.17 bits per heavy atom. The van der Waals surface area contributed by atoms with Crippen molar-refractivity contribution in [3.8, 4) is 0 Å². The second kappa shape index (κ2) is 19.5. The second-order valence-electron chi connectivity index (χ2n) is 3.13. The van der Waals surface area contributed by atoms with E-state index in [0.717, 1.165) is 26.2 Å². The maximum atomic E-state index is 11.0. The molecule has 0 bridgehead atoms. The molecule has 3 nitrogen and oxygen atoms in total. The Morgan fingerprint density at radius 2 is 1.89 bits per heavy atom. The summed E-state index contributed by atoms with van der Waals surface area (Å²) < 4.78 is 0. The molecule has 1 aliphatic rings. The van der Waals surface area contributed by atoms with Gasteiger partial charge in [-0.3, -0.25) is 0 Å². The van der Waals surface area contributed by atoms with Crippen molar-refractivity contribution in [3.63, 3.8) is 0 Å². The first-order chi connectivity index (χ1) is 7.26. The monoisotopic (exact) mass is 832 g/mol. The van der Waals surface area contributed by atoms with Gasteiger partial charge in [0.15, 0.2) is 0 Å². The summed E-state index contributed by atoms with van der Waals surface area (Å²) in [4.78, 5) is 12.9. The maximum absolute atomic E-state index is 11.0. The molecule has 0 saturated carbocycles. The minimum absolute atomic E-state index is 0. The van der Waals surface area contributed by atoms with E-state index in [0.29, 0.717) is 0 Å². The molecule has 0 aromatic heterocycles. The van der Waals surface area contributed by atoms with Crippen molar-refractivity contribution in [3.05, 3.63) is 31.2 Å². The van der Waals surface area contributed by atoms with Crippen LogP contribution in [0.1, 0.15) is 13.8 Å². The Bertz CT molecular complexity index is 222. The molecule has 1 saturated heterocycles. The Morgan fingerprint density at radius 1 is 1.39 bits per heavy atom. The SMILES string of the molecule is C=C/C=C\C.C[CH-]C(=O)N1CCNCC1.[Cm].[Nd].[Pu]. The van der Waals surface area contributed by atoms with Gasteiger partial charge in [0.2, 0.25) is 0 Å². The zero-order valence-electron chi connectivity index (χ0n) is 11.0. The molecule has 1 amide bonds. The normalized spacial score (nSPS) is 12.9. The average molecular weight is 845 g/mol. The van der Waals surface area contributed by atoms with Gasteiger partial charge in [-0.05, 0) is 6.92 Å². The van der Waals surface area contributed by atoms with Crippen molar-refractivity contribution in [2.24, 2.45) is 0 Å². The third kappa shape index (κ3) is 14.2. The Labute approximate surface area is 160 Å². The predicted octanol–water partition coefficient (Wildman–Crippen LogP) is 1.39. The molecule has 0 aliphatic carbocycles. The smallest absolute Gasteiger partial charge is 0.0848 e. The van der Waals surface area contributed by atoms with E-state index >= 15 is 0 Å². The van der Waals surface area contributed by atoms with Crippen LogP contribution >= 0.6 is 0 Å². The molecule has 0 atom stereocenters. The van der Waals surface area contributed by atoms with Crippen LogP contribution in [0.5, 0.6) is 0 Å². The fraction of sp³-hybridized carbons (Fsp3) is 0.500. The molecule has 0 aromatic rings. The molecular formula is C12H21CmN2NdOPu-. The molecule has 1 rings (SSSR count). The van der Waals surface area contributed by atoms with Crippen molar-refractivity contribution >= 4 is 5.91 Å². The third-order valence-electron chi connectivity index (χ3n) is 2.00. The fourth-order valence-electron chi connectivity index (χ4n) is 1.20. The molecule has 0 radical (unpaired) electrons. The Kier molecular flexibility index (Phi) is 28.8. The third-order valence-corrected chi connectivity index (χ3v) is 2.00. The standard InChI is InChI=1S/C7H13N2O.C5H8.Cm.Nd.Pu/c1-2-7(10)9-5-3-8-4-6-9;1-3-5-4-2;;;/h2,8H,3-6H2,1H3;3-5H,1H2,2H3;;;/q-1;;;;/b;5-4-;;;. The number of piperazine rings is 1. The van der Waals surface area contributed by atoms with Crippen LogP contribution in [0.3, 0.4) is 0 Å². The van der Waals surface area contributed by atoms with Gasteiger partial charge in [-0.25, -0.2) is 0 Å². The van der Waals surface area contributed by atoms with Gasteiger partial charge in [-0.1, -0.05) is 24.8 Å². The molecule has 1 fully saturated rings. The van der Waals surface area contributed by atoms with Gasteiger partial charge < -0.3 is 21.4 Å². The number of carbonyl (C=O) groups is 1. The Hall–Kier alpha value is 0.118. The summed E-state index contributed by atoms with van der Waals surface area (Å²) in [7, 11) is 0. The summed E-state index contributed by atoms with van der Waals surface area (Å²) >= 11 is 0. The molecule has 0 unspecified atom stereocenters. The topological polar surface area (TPSA) is 32.3 Å². The van der Waals surface area contributed by atoms with E-state index in [4.69, 9.17) is 0 Å². The van der Waals surface area contributed by atoms with Crippen LogP contribution in [-0.2, 0) is 4.79 Å². The summed E-state index contributed by atoms with van der Waals surface area (Å²) in [5.41, 5.74) is 0. The zero-order chi connectivity index (χ0) is 11.5. The van der Waals surface area contributed by atoms with Gasteiger partial charge in [0.25, 0.3) is 0 Å². The van der Waals surface area contributed by atoms with Crippen LogP contribution in [0.15, 0.2) is 24.8 Å². The fourth-order valence-corrected chi connectivity index (χ4v) is 1.20. The summed E-state index contributed by atoms with van der Waals surface area (Å²) in [5.74, 6) is 0.154. The van der Waals surface area contributed by atoms with Crippen molar-refractivity contribution in [2.45, 2.75) is 13.8 Å². The van der Waals surface area contributed by atoms with Crippen LogP contribution in [-0.4, -0.2) is 37.0 Å². The number of rotatable bonds is 2. The van der Waals surface area contributed by atoms with Gasteiger partial charge >= 0.3 is 0 Å². The summed E-state index contributed by atoms with van der Waals surface area (Å²) in [5, 5.41) is 3.19. The van der Waals surface area contributed by atoms with Gasteiger partial charge in [0, 0.05) is 96.2 Å². The summed E-state index contributed by atoms with van der Waals surface area (Å²) in [6, 6.07) is 0. The molecule has 0 aromatic carbocycles. The number of allylic oxidation sites excluding steroid dienone is 3. The summed E-state index contributed by atoms with van der Waals surface area (Å²) in [6.45, 7) is 10.8. The molecule has 18 heavy (non-hydrogen) atoms. The molecule has 0 spiro atoms. The minimum atomic E-state index is 0.